The number of anilines is 1. The van der Waals surface area contributed by atoms with Gasteiger partial charge in [-0.2, -0.15) is 5.26 Å². The topological polar surface area (TPSA) is 66.4 Å². The van der Waals surface area contributed by atoms with Crippen LogP contribution in [0.1, 0.15) is 85.8 Å². The SMILES string of the molecule is CCc1cc2c(cc1N1CCC(N3CCN(C(C)C)CC3)CC1)C(C)(C)c1[nH]c3cc(C#N)ccc3c1C2=O. The molecule has 0 spiro atoms. The maximum absolute atomic E-state index is 14.0. The largest absolute Gasteiger partial charge is 0.371 e. The molecule has 0 saturated carbocycles. The van der Waals surface area contributed by atoms with Crippen LogP contribution in [0.2, 0.25) is 0 Å². The van der Waals surface area contributed by atoms with Gasteiger partial charge in [0.2, 0.25) is 0 Å². The number of hydrogen-bond acceptors (Lipinski definition) is 5. The molecule has 2 saturated heterocycles. The van der Waals surface area contributed by atoms with Crippen molar-refractivity contribution in [2.24, 2.45) is 0 Å². The Morgan fingerprint density at radius 3 is 2.41 bits per heavy atom. The zero-order valence-electron chi connectivity index (χ0n) is 24.1. The number of hydrogen-bond donors (Lipinski definition) is 1. The van der Waals surface area contributed by atoms with Gasteiger partial charge in [0.25, 0.3) is 0 Å². The van der Waals surface area contributed by atoms with Crippen molar-refractivity contribution in [1.82, 2.24) is 14.8 Å². The molecule has 1 aliphatic carbocycles. The van der Waals surface area contributed by atoms with Crippen LogP contribution in [-0.2, 0) is 11.8 Å². The van der Waals surface area contributed by atoms with E-state index < -0.39 is 0 Å². The molecule has 204 valence electrons. The highest BCUT2D eigenvalue weighted by Gasteiger charge is 2.41. The molecule has 3 heterocycles. The molecule has 2 aromatic carbocycles. The van der Waals surface area contributed by atoms with Crippen molar-refractivity contribution in [3.05, 3.63) is 63.8 Å². The maximum Gasteiger partial charge on any atom is 0.195 e. The van der Waals surface area contributed by atoms with Crippen LogP contribution in [-0.4, -0.2) is 71.9 Å². The molecular formula is C33H41N5O. The Morgan fingerprint density at radius 1 is 1.05 bits per heavy atom. The van der Waals surface area contributed by atoms with Gasteiger partial charge in [-0.1, -0.05) is 26.8 Å². The highest BCUT2D eigenvalue weighted by molar-refractivity contribution is 6.20. The minimum atomic E-state index is -0.347. The zero-order valence-corrected chi connectivity index (χ0v) is 24.1. The maximum atomic E-state index is 14.0. The first kappa shape index (κ1) is 26.1. The van der Waals surface area contributed by atoms with Crippen LogP contribution in [0.15, 0.2) is 30.3 Å². The summed E-state index contributed by atoms with van der Waals surface area (Å²) in [7, 11) is 0. The first-order valence-electron chi connectivity index (χ1n) is 14.7. The third-order valence-electron chi connectivity index (χ3n) is 9.70. The molecule has 39 heavy (non-hydrogen) atoms. The van der Waals surface area contributed by atoms with E-state index in [1.54, 1.807) is 6.07 Å². The molecule has 6 nitrogen and oxygen atoms in total. The van der Waals surface area contributed by atoms with Gasteiger partial charge in [0, 0.05) is 84.6 Å². The van der Waals surface area contributed by atoms with Gasteiger partial charge in [0.05, 0.1) is 17.2 Å². The molecule has 0 radical (unpaired) electrons. The Hall–Kier alpha value is -3.14. The molecule has 0 bridgehead atoms. The van der Waals surface area contributed by atoms with Crippen LogP contribution in [0.25, 0.3) is 10.9 Å². The van der Waals surface area contributed by atoms with Crippen molar-refractivity contribution < 1.29 is 4.79 Å². The fraction of sp³-hybridized carbons (Fsp3) is 0.515. The number of aromatic amines is 1. The molecule has 1 N–H and O–H groups in total. The van der Waals surface area contributed by atoms with Crippen molar-refractivity contribution in [2.45, 2.75) is 71.4 Å². The van der Waals surface area contributed by atoms with E-state index in [1.807, 2.05) is 12.1 Å². The van der Waals surface area contributed by atoms with Crippen LogP contribution in [0.5, 0.6) is 0 Å². The molecule has 3 aromatic rings. The van der Waals surface area contributed by atoms with Crippen LogP contribution in [0.3, 0.4) is 0 Å². The molecule has 6 rings (SSSR count). The molecule has 0 unspecified atom stereocenters. The summed E-state index contributed by atoms with van der Waals surface area (Å²) in [4.78, 5) is 25.4. The van der Waals surface area contributed by atoms with Crippen molar-refractivity contribution in [3.8, 4) is 6.07 Å². The Morgan fingerprint density at radius 2 is 1.77 bits per heavy atom. The van der Waals surface area contributed by atoms with Crippen LogP contribution in [0, 0.1) is 11.3 Å². The first-order valence-corrected chi connectivity index (χ1v) is 14.7. The predicted molar refractivity (Wildman–Crippen MR) is 158 cm³/mol. The molecule has 1 aromatic heterocycles. The number of nitrogens with one attached hydrogen (secondary N) is 1. The van der Waals surface area contributed by atoms with E-state index in [0.717, 1.165) is 52.8 Å². The van der Waals surface area contributed by atoms with E-state index in [9.17, 15) is 10.1 Å². The third-order valence-corrected chi connectivity index (χ3v) is 9.70. The van der Waals surface area contributed by atoms with E-state index in [2.05, 4.69) is 72.5 Å². The second-order valence-corrected chi connectivity index (χ2v) is 12.5. The van der Waals surface area contributed by atoms with E-state index in [4.69, 9.17) is 0 Å². The number of carbonyl (C=O) groups excluding carboxylic acids is 1. The molecule has 0 atom stereocenters. The Bertz CT molecular complexity index is 1460. The number of fused-ring (bicyclic) bond motifs is 4. The summed E-state index contributed by atoms with van der Waals surface area (Å²) in [5.41, 5.74) is 7.33. The molecule has 6 heteroatoms. The van der Waals surface area contributed by atoms with Crippen LogP contribution < -0.4 is 4.90 Å². The average molecular weight is 524 g/mol. The molecule has 0 amide bonds. The quantitative estimate of drug-likeness (QED) is 0.491. The Labute approximate surface area is 232 Å². The summed E-state index contributed by atoms with van der Waals surface area (Å²) < 4.78 is 0. The standard InChI is InChI=1S/C33H41N5O/c1-6-23-18-26-27(33(4,5)32-30(31(26)39)25-8-7-22(20-34)17-28(25)35-32)19-29(23)38-11-9-24(10-12-38)37-15-13-36(14-16-37)21(2)3/h7-8,17-19,21,24,35H,6,9-16H2,1-5H3. The molecule has 2 aliphatic heterocycles. The van der Waals surface area contributed by atoms with Gasteiger partial charge >= 0.3 is 0 Å². The second-order valence-electron chi connectivity index (χ2n) is 12.5. The lowest BCUT2D eigenvalue weighted by molar-refractivity contribution is 0.0692. The van der Waals surface area contributed by atoms with Crippen LogP contribution in [0.4, 0.5) is 5.69 Å². The predicted octanol–water partition coefficient (Wildman–Crippen LogP) is 5.47. The number of rotatable bonds is 4. The van der Waals surface area contributed by atoms with Gasteiger partial charge in [0.1, 0.15) is 0 Å². The molecular weight excluding hydrogens is 482 g/mol. The number of ketones is 1. The lowest BCUT2D eigenvalue weighted by Crippen LogP contribution is -2.54. The summed E-state index contributed by atoms with van der Waals surface area (Å²) in [6.07, 6.45) is 3.29. The van der Waals surface area contributed by atoms with Gasteiger partial charge in [-0.15, -0.1) is 0 Å². The van der Waals surface area contributed by atoms with Gasteiger partial charge in [-0.3, -0.25) is 14.6 Å². The van der Waals surface area contributed by atoms with E-state index in [-0.39, 0.29) is 11.2 Å². The number of aromatic nitrogens is 1. The first-order chi connectivity index (χ1) is 18.7. The van der Waals surface area contributed by atoms with Crippen LogP contribution >= 0.6 is 0 Å². The number of carbonyl (C=O) groups is 1. The van der Waals surface area contributed by atoms with Crippen molar-refractivity contribution in [3.63, 3.8) is 0 Å². The number of piperidine rings is 1. The number of aryl methyl sites for hydroxylation is 1. The number of nitriles is 1. The number of benzene rings is 2. The van der Waals surface area contributed by atoms with Gasteiger partial charge in [0.15, 0.2) is 5.78 Å². The number of piperazine rings is 1. The van der Waals surface area contributed by atoms with Gasteiger partial charge in [-0.05, 0) is 68.5 Å². The van der Waals surface area contributed by atoms with E-state index >= 15 is 0 Å². The van der Waals surface area contributed by atoms with Crippen molar-refractivity contribution in [2.75, 3.05) is 44.2 Å². The smallest absolute Gasteiger partial charge is 0.195 e. The Balaban J connectivity index is 1.28. The lowest BCUT2D eigenvalue weighted by Gasteiger charge is -2.44. The minimum absolute atomic E-state index is 0.0933. The second kappa shape index (κ2) is 9.80. The summed E-state index contributed by atoms with van der Waals surface area (Å²) in [6, 6.07) is 13.6. The zero-order chi connectivity index (χ0) is 27.5. The van der Waals surface area contributed by atoms with Gasteiger partial charge < -0.3 is 9.88 Å². The molecule has 3 aliphatic rings. The number of nitrogens with zero attached hydrogens (tertiary/aromatic N) is 4. The minimum Gasteiger partial charge on any atom is -0.371 e. The normalized spacial score (nSPS) is 20.3. The lowest BCUT2D eigenvalue weighted by atomic mass is 9.70. The highest BCUT2D eigenvalue weighted by Crippen LogP contribution is 2.46. The fourth-order valence-corrected chi connectivity index (χ4v) is 7.25. The molecule has 2 fully saturated rings. The average Bonchev–Trinajstić information content (AvgIpc) is 3.35. The third kappa shape index (κ3) is 4.27. The highest BCUT2D eigenvalue weighted by atomic mass is 16.1. The number of H-pyrrole nitrogens is 1. The monoisotopic (exact) mass is 523 g/mol. The van der Waals surface area contributed by atoms with Crippen molar-refractivity contribution in [1.29, 1.82) is 5.26 Å². The van der Waals surface area contributed by atoms with Crippen molar-refractivity contribution >= 4 is 22.4 Å². The summed E-state index contributed by atoms with van der Waals surface area (Å²) in [5, 5.41) is 10.3. The van der Waals surface area contributed by atoms with E-state index in [0.29, 0.717) is 17.6 Å². The summed E-state index contributed by atoms with van der Waals surface area (Å²) in [5.74, 6) is 0.0933. The van der Waals surface area contributed by atoms with E-state index in [1.165, 1.54) is 50.3 Å². The fourth-order valence-electron chi connectivity index (χ4n) is 7.25. The Kier molecular flexibility index (Phi) is 6.56. The van der Waals surface area contributed by atoms with Gasteiger partial charge in [-0.25, -0.2) is 0 Å². The summed E-state index contributed by atoms with van der Waals surface area (Å²) >= 11 is 0. The summed E-state index contributed by atoms with van der Waals surface area (Å²) in [6.45, 7) is 18.1.